The number of hydrogen-bond acceptors (Lipinski definition) is 6. The Labute approximate surface area is 199 Å². The van der Waals surface area contributed by atoms with E-state index < -0.39 is 17.8 Å². The highest BCUT2D eigenvalue weighted by molar-refractivity contribution is 5.98. The lowest BCUT2D eigenvalue weighted by atomic mass is 10.0. The molecule has 0 saturated carbocycles. The molecule has 2 aromatic carbocycles. The third-order valence-corrected chi connectivity index (χ3v) is 5.57. The molecule has 1 atom stereocenters. The van der Waals surface area contributed by atoms with Gasteiger partial charge in [-0.15, -0.1) is 0 Å². The fraction of sp³-hybridized carbons (Fsp3) is 0.240. The first-order valence-corrected chi connectivity index (χ1v) is 10.9. The number of pyridine rings is 1. The summed E-state index contributed by atoms with van der Waals surface area (Å²) in [6, 6.07) is 14.4. The molecule has 4 rings (SSSR count). The van der Waals surface area contributed by atoms with E-state index >= 15 is 0 Å². The number of nitrogens with zero attached hydrogens (tertiary/aromatic N) is 2. The number of nitrogens with two attached hydrogens (primary N) is 1. The molecule has 0 aliphatic rings. The van der Waals surface area contributed by atoms with Crippen LogP contribution in [0.15, 0.2) is 59.0 Å². The zero-order valence-electron chi connectivity index (χ0n) is 19.0. The lowest BCUT2D eigenvalue weighted by Crippen LogP contribution is -2.29. The number of benzene rings is 2. The molecule has 0 radical (unpaired) electrons. The van der Waals surface area contributed by atoms with Crippen LogP contribution in [0.2, 0.25) is 0 Å². The molecule has 0 fully saturated rings. The van der Waals surface area contributed by atoms with Gasteiger partial charge in [0.15, 0.2) is 11.5 Å². The molecular formula is C25H23F3N4O3. The summed E-state index contributed by atoms with van der Waals surface area (Å²) >= 11 is 0. The van der Waals surface area contributed by atoms with E-state index in [0.29, 0.717) is 17.4 Å². The Morgan fingerprint density at radius 1 is 1.11 bits per heavy atom. The fourth-order valence-electron chi connectivity index (χ4n) is 3.82. The molecule has 0 bridgehead atoms. The third kappa shape index (κ3) is 4.83. The lowest BCUT2D eigenvalue weighted by molar-refractivity contribution is -0.140. The number of aromatic nitrogens is 2. The Balaban J connectivity index is 1.75. The van der Waals surface area contributed by atoms with Crippen molar-refractivity contribution in [1.82, 2.24) is 15.3 Å². The third-order valence-electron chi connectivity index (χ3n) is 5.57. The Morgan fingerprint density at radius 2 is 1.86 bits per heavy atom. The number of oxazole rings is 1. The van der Waals surface area contributed by atoms with E-state index in [9.17, 15) is 18.0 Å². The van der Waals surface area contributed by atoms with Crippen molar-refractivity contribution in [2.24, 2.45) is 5.73 Å². The second kappa shape index (κ2) is 9.75. The maximum atomic E-state index is 13.2. The largest absolute Gasteiger partial charge is 0.494 e. The number of methoxy groups -OCH3 is 1. The fourth-order valence-corrected chi connectivity index (χ4v) is 3.82. The summed E-state index contributed by atoms with van der Waals surface area (Å²) in [5.41, 5.74) is 6.06. The quantitative estimate of drug-likeness (QED) is 0.371. The molecule has 2 heterocycles. The monoisotopic (exact) mass is 484 g/mol. The van der Waals surface area contributed by atoms with E-state index in [1.807, 2.05) is 37.3 Å². The van der Waals surface area contributed by atoms with Gasteiger partial charge in [-0.1, -0.05) is 37.3 Å². The number of halogens is 3. The molecule has 182 valence electrons. The standard InChI is InChI=1S/C25H23F3N4O3/c1-3-17(14-7-5-4-6-8-14)30-23(33)22-19(13-29)35-24(32-22)16-9-11-18(34-2)21-15(16)10-12-20(31-21)25(26,27)28/h4-12,17H,3,13,29H2,1-2H3,(H,30,33). The predicted octanol–water partition coefficient (Wildman–Crippen LogP) is 5.26. The van der Waals surface area contributed by atoms with Crippen LogP contribution >= 0.6 is 0 Å². The Hall–Kier alpha value is -3.92. The van der Waals surface area contributed by atoms with E-state index in [1.165, 1.54) is 19.2 Å². The van der Waals surface area contributed by atoms with Gasteiger partial charge in [0.1, 0.15) is 17.0 Å². The highest BCUT2D eigenvalue weighted by Crippen LogP contribution is 2.37. The number of nitrogens with one attached hydrogen (secondary N) is 1. The van der Waals surface area contributed by atoms with Crippen molar-refractivity contribution in [3.63, 3.8) is 0 Å². The van der Waals surface area contributed by atoms with E-state index in [1.54, 1.807) is 6.07 Å². The van der Waals surface area contributed by atoms with E-state index in [0.717, 1.165) is 11.6 Å². The number of hydrogen-bond donors (Lipinski definition) is 2. The molecule has 0 aliphatic heterocycles. The first-order valence-electron chi connectivity index (χ1n) is 10.9. The van der Waals surface area contributed by atoms with Crippen molar-refractivity contribution in [3.8, 4) is 17.2 Å². The lowest BCUT2D eigenvalue weighted by Gasteiger charge is -2.16. The first kappa shape index (κ1) is 24.2. The summed E-state index contributed by atoms with van der Waals surface area (Å²) in [5.74, 6) is -0.111. The zero-order chi connectivity index (χ0) is 25.2. The molecule has 0 aliphatic carbocycles. The minimum atomic E-state index is -4.62. The zero-order valence-corrected chi connectivity index (χ0v) is 19.0. The average molecular weight is 484 g/mol. The van der Waals surface area contributed by atoms with Gasteiger partial charge in [0, 0.05) is 10.9 Å². The summed E-state index contributed by atoms with van der Waals surface area (Å²) in [6.45, 7) is 1.85. The van der Waals surface area contributed by atoms with Crippen molar-refractivity contribution in [1.29, 1.82) is 0 Å². The van der Waals surface area contributed by atoms with Crippen LogP contribution in [0.5, 0.6) is 5.75 Å². The van der Waals surface area contributed by atoms with Crippen LogP contribution in [0.1, 0.15) is 46.9 Å². The van der Waals surface area contributed by atoms with Gasteiger partial charge in [-0.2, -0.15) is 13.2 Å². The molecule has 7 nitrogen and oxygen atoms in total. The van der Waals surface area contributed by atoms with Gasteiger partial charge in [-0.25, -0.2) is 9.97 Å². The number of fused-ring (bicyclic) bond motifs is 1. The summed E-state index contributed by atoms with van der Waals surface area (Å²) in [5, 5.41) is 3.27. The molecule has 0 saturated heterocycles. The highest BCUT2D eigenvalue weighted by atomic mass is 19.4. The summed E-state index contributed by atoms with van der Waals surface area (Å²) < 4.78 is 50.7. The van der Waals surface area contributed by atoms with E-state index in [4.69, 9.17) is 14.9 Å². The van der Waals surface area contributed by atoms with E-state index in [-0.39, 0.29) is 41.2 Å². The normalized spacial score (nSPS) is 12.5. The van der Waals surface area contributed by atoms with Crippen molar-refractivity contribution >= 4 is 16.8 Å². The van der Waals surface area contributed by atoms with Gasteiger partial charge in [0.2, 0.25) is 5.89 Å². The number of amides is 1. The molecule has 35 heavy (non-hydrogen) atoms. The van der Waals surface area contributed by atoms with Gasteiger partial charge in [-0.3, -0.25) is 4.79 Å². The molecular weight excluding hydrogens is 461 g/mol. The van der Waals surface area contributed by atoms with Gasteiger partial charge in [0.25, 0.3) is 5.91 Å². The molecule has 4 aromatic rings. The minimum Gasteiger partial charge on any atom is -0.494 e. The van der Waals surface area contributed by atoms with Crippen molar-refractivity contribution in [3.05, 3.63) is 77.3 Å². The van der Waals surface area contributed by atoms with Crippen LogP contribution in [-0.2, 0) is 12.7 Å². The van der Waals surface area contributed by atoms with Crippen LogP contribution < -0.4 is 15.8 Å². The van der Waals surface area contributed by atoms with Crippen LogP contribution in [0.25, 0.3) is 22.4 Å². The van der Waals surface area contributed by atoms with Crippen molar-refractivity contribution in [2.45, 2.75) is 32.1 Å². The van der Waals surface area contributed by atoms with Gasteiger partial charge < -0.3 is 20.2 Å². The second-order valence-electron chi connectivity index (χ2n) is 7.75. The second-order valence-corrected chi connectivity index (χ2v) is 7.75. The molecule has 2 aromatic heterocycles. The molecule has 0 spiro atoms. The molecule has 1 amide bonds. The molecule has 3 N–H and O–H groups in total. The number of carbonyl (C=O) groups is 1. The van der Waals surface area contributed by atoms with Gasteiger partial charge >= 0.3 is 6.18 Å². The maximum absolute atomic E-state index is 13.2. The SMILES string of the molecule is CCC(NC(=O)c1nc(-c2ccc(OC)c3nc(C(F)(F)F)ccc23)oc1CN)c1ccccc1. The Morgan fingerprint density at radius 3 is 2.49 bits per heavy atom. The topological polar surface area (TPSA) is 103 Å². The van der Waals surface area contributed by atoms with Crippen LogP contribution in [0.3, 0.4) is 0 Å². The summed E-state index contributed by atoms with van der Waals surface area (Å²) in [7, 11) is 1.34. The van der Waals surface area contributed by atoms with Crippen LogP contribution in [0, 0.1) is 0 Å². The first-order chi connectivity index (χ1) is 16.8. The van der Waals surface area contributed by atoms with E-state index in [2.05, 4.69) is 15.3 Å². The van der Waals surface area contributed by atoms with Crippen molar-refractivity contribution in [2.75, 3.05) is 7.11 Å². The number of alkyl halides is 3. The van der Waals surface area contributed by atoms with Gasteiger partial charge in [-0.05, 0) is 36.2 Å². The average Bonchev–Trinajstić information content (AvgIpc) is 3.30. The van der Waals surface area contributed by atoms with Crippen LogP contribution in [0.4, 0.5) is 13.2 Å². The predicted molar refractivity (Wildman–Crippen MR) is 124 cm³/mol. The maximum Gasteiger partial charge on any atom is 0.433 e. The smallest absolute Gasteiger partial charge is 0.433 e. The number of ether oxygens (including phenoxy) is 1. The number of rotatable bonds is 7. The van der Waals surface area contributed by atoms with Gasteiger partial charge in [0.05, 0.1) is 19.7 Å². The summed E-state index contributed by atoms with van der Waals surface area (Å²) in [6.07, 6.45) is -3.97. The van der Waals surface area contributed by atoms with Crippen LogP contribution in [-0.4, -0.2) is 23.0 Å². The van der Waals surface area contributed by atoms with Crippen molar-refractivity contribution < 1.29 is 27.1 Å². The molecule has 10 heteroatoms. The summed E-state index contributed by atoms with van der Waals surface area (Å²) in [4.78, 5) is 21.2. The minimum absolute atomic E-state index is 0.00607. The Kier molecular flexibility index (Phi) is 6.74. The highest BCUT2D eigenvalue weighted by Gasteiger charge is 2.33. The molecule has 1 unspecified atom stereocenters. The Bertz CT molecular complexity index is 1350. The number of carbonyl (C=O) groups excluding carboxylic acids is 1.